The normalized spacial score (nSPS) is 10.8. The molecule has 0 saturated carbocycles. The van der Waals surface area contributed by atoms with Crippen LogP contribution >= 0.6 is 0 Å². The second kappa shape index (κ2) is 21.0. The molecule has 43 heavy (non-hydrogen) atoms. The van der Waals surface area contributed by atoms with Crippen LogP contribution in [0.1, 0.15) is 65.5 Å². The molecule has 0 saturated heterocycles. The van der Waals surface area contributed by atoms with Crippen LogP contribution < -0.4 is 16.4 Å². The lowest BCUT2D eigenvalue weighted by Crippen LogP contribution is -2.13. The minimum absolute atomic E-state index is 0.0265. The molecule has 0 amide bonds. The maximum Gasteiger partial charge on any atom is 0.187 e. The fourth-order valence-electron chi connectivity index (χ4n) is 3.78. The Hall–Kier alpha value is -4.74. The largest absolute Gasteiger partial charge is 0.388 e. The molecule has 4 rings (SSSR count). The van der Waals surface area contributed by atoms with E-state index in [0.29, 0.717) is 12.1 Å². The fraction of sp³-hybridized carbons (Fsp3) is 0.211. The number of nitrogens with one attached hydrogen (secondary N) is 2. The van der Waals surface area contributed by atoms with E-state index in [-0.39, 0.29) is 11.6 Å². The lowest BCUT2D eigenvalue weighted by atomic mass is 10.1. The highest BCUT2D eigenvalue weighted by Crippen LogP contribution is 2.05. The summed E-state index contributed by atoms with van der Waals surface area (Å²) < 4.78 is 0. The first-order valence-corrected chi connectivity index (χ1v) is 14.7. The third kappa shape index (κ3) is 15.2. The van der Waals surface area contributed by atoms with Gasteiger partial charge in [0.15, 0.2) is 11.6 Å². The van der Waals surface area contributed by atoms with E-state index in [4.69, 9.17) is 5.73 Å². The molecule has 0 spiro atoms. The van der Waals surface area contributed by atoms with Crippen molar-refractivity contribution in [3.63, 3.8) is 0 Å². The van der Waals surface area contributed by atoms with Crippen LogP contribution in [-0.4, -0.2) is 18.1 Å². The van der Waals surface area contributed by atoms with Crippen molar-refractivity contribution < 1.29 is 9.59 Å². The molecule has 224 valence electrons. The predicted molar refractivity (Wildman–Crippen MR) is 180 cm³/mol. The van der Waals surface area contributed by atoms with Crippen LogP contribution in [-0.2, 0) is 13.1 Å². The molecule has 5 heteroatoms. The first-order chi connectivity index (χ1) is 20.9. The predicted octanol–water partition coefficient (Wildman–Crippen LogP) is 7.87. The summed E-state index contributed by atoms with van der Waals surface area (Å²) in [6.07, 6.45) is 5.58. The molecular formula is C38H45N3O2. The van der Waals surface area contributed by atoms with Crippen molar-refractivity contribution in [1.82, 2.24) is 10.6 Å². The second-order valence-corrected chi connectivity index (χ2v) is 9.92. The number of carbonyl (C=O) groups is 2. The maximum atomic E-state index is 12.0. The molecule has 0 aliphatic rings. The second-order valence-electron chi connectivity index (χ2n) is 9.92. The Morgan fingerprint density at radius 1 is 0.605 bits per heavy atom. The number of hydrogen-bond acceptors (Lipinski definition) is 5. The molecule has 0 aliphatic heterocycles. The van der Waals surface area contributed by atoms with Crippen molar-refractivity contribution >= 4 is 11.6 Å². The molecule has 4 aromatic rings. The Labute approximate surface area is 257 Å². The summed E-state index contributed by atoms with van der Waals surface area (Å²) in [7, 11) is 0. The highest BCUT2D eigenvalue weighted by atomic mass is 16.1. The number of hydrogen-bond donors (Lipinski definition) is 3. The number of allylic oxidation sites excluding steroid dienone is 4. The molecular weight excluding hydrogens is 530 g/mol. The quantitative estimate of drug-likeness (QED) is 0.0909. The fourth-order valence-corrected chi connectivity index (χ4v) is 3.78. The van der Waals surface area contributed by atoms with Gasteiger partial charge >= 0.3 is 0 Å². The lowest BCUT2D eigenvalue weighted by Gasteiger charge is -2.06. The lowest BCUT2D eigenvalue weighted by molar-refractivity contribution is 0.103. The van der Waals surface area contributed by atoms with E-state index in [1.54, 1.807) is 12.2 Å². The monoisotopic (exact) mass is 575 g/mol. The Kier molecular flexibility index (Phi) is 16.9. The van der Waals surface area contributed by atoms with Crippen molar-refractivity contribution in [3.8, 4) is 0 Å². The van der Waals surface area contributed by atoms with E-state index in [2.05, 4.69) is 29.7 Å². The van der Waals surface area contributed by atoms with Gasteiger partial charge in [0.05, 0.1) is 0 Å². The zero-order valence-corrected chi connectivity index (χ0v) is 25.6. The molecule has 5 nitrogen and oxygen atoms in total. The number of benzene rings is 4. The standard InChI is InChI=1S/C17H17NO.C14H19NO.C7H9N/c1-14(18-13-15-8-4-2-5-9-15)12-17(19)16-10-6-3-7-11-16;1-3-4-10-15-12(2)11-14(16)13-8-6-5-7-9-13;8-6-7-4-2-1-3-5-7/h2-12,18H,13H2,1H3;5-9,11,15H,3-4,10H2,1-2H3;1-5H,6,8H2/b14-12-;12-11-;. The van der Waals surface area contributed by atoms with E-state index in [1.807, 2.05) is 123 Å². The number of rotatable bonds is 12. The summed E-state index contributed by atoms with van der Waals surface area (Å²) in [4.78, 5) is 23.7. The van der Waals surface area contributed by atoms with Crippen LogP contribution in [0, 0.1) is 0 Å². The minimum atomic E-state index is 0.0265. The van der Waals surface area contributed by atoms with Gasteiger partial charge in [0.25, 0.3) is 0 Å². The zero-order chi connectivity index (χ0) is 31.1. The SMILES string of the molecule is C/C(=C/C(=O)c1ccccc1)NCc1ccccc1.CCCCN/C(C)=C\C(=O)c1ccccc1.NCc1ccccc1. The van der Waals surface area contributed by atoms with E-state index < -0.39 is 0 Å². The molecule has 0 unspecified atom stereocenters. The Bertz CT molecular complexity index is 1380. The third-order valence-corrected chi connectivity index (χ3v) is 6.24. The first-order valence-electron chi connectivity index (χ1n) is 14.7. The van der Waals surface area contributed by atoms with Gasteiger partial charge in [-0.1, -0.05) is 135 Å². The van der Waals surface area contributed by atoms with Gasteiger partial charge in [0, 0.05) is 54.3 Å². The number of carbonyl (C=O) groups excluding carboxylic acids is 2. The van der Waals surface area contributed by atoms with Gasteiger partial charge < -0.3 is 16.4 Å². The smallest absolute Gasteiger partial charge is 0.187 e. The van der Waals surface area contributed by atoms with Crippen LogP contribution in [0.2, 0.25) is 0 Å². The highest BCUT2D eigenvalue weighted by molar-refractivity contribution is 6.05. The molecule has 0 heterocycles. The minimum Gasteiger partial charge on any atom is -0.388 e. The van der Waals surface area contributed by atoms with E-state index >= 15 is 0 Å². The van der Waals surface area contributed by atoms with Gasteiger partial charge in [0.2, 0.25) is 0 Å². The van der Waals surface area contributed by atoms with Crippen molar-refractivity contribution in [1.29, 1.82) is 0 Å². The summed E-state index contributed by atoms with van der Waals surface area (Å²) in [6, 6.07) is 38.7. The summed E-state index contributed by atoms with van der Waals surface area (Å²) in [5, 5.41) is 6.46. The van der Waals surface area contributed by atoms with Crippen molar-refractivity contribution in [2.45, 2.75) is 46.7 Å². The van der Waals surface area contributed by atoms with Crippen molar-refractivity contribution in [2.75, 3.05) is 6.54 Å². The molecule has 4 aromatic carbocycles. The van der Waals surface area contributed by atoms with Crippen molar-refractivity contribution in [2.24, 2.45) is 5.73 Å². The number of unbranched alkanes of at least 4 members (excludes halogenated alkanes) is 1. The Morgan fingerprint density at radius 2 is 1.00 bits per heavy atom. The van der Waals surface area contributed by atoms with Gasteiger partial charge in [-0.05, 0) is 31.4 Å². The van der Waals surface area contributed by atoms with Gasteiger partial charge in [0.1, 0.15) is 0 Å². The average molecular weight is 576 g/mol. The molecule has 0 bridgehead atoms. The molecule has 0 radical (unpaired) electrons. The number of ketones is 2. The summed E-state index contributed by atoms with van der Waals surface area (Å²) >= 11 is 0. The van der Waals surface area contributed by atoms with Gasteiger partial charge in [-0.3, -0.25) is 9.59 Å². The first kappa shape index (κ1) is 34.5. The molecule has 0 aromatic heterocycles. The maximum absolute atomic E-state index is 12.0. The van der Waals surface area contributed by atoms with E-state index in [1.165, 1.54) is 11.1 Å². The summed E-state index contributed by atoms with van der Waals surface area (Å²) in [5.41, 5.74) is 11.0. The third-order valence-electron chi connectivity index (χ3n) is 6.24. The average Bonchev–Trinajstić information content (AvgIpc) is 3.06. The number of nitrogens with two attached hydrogens (primary N) is 1. The molecule has 0 aliphatic carbocycles. The van der Waals surface area contributed by atoms with Gasteiger partial charge in [-0.25, -0.2) is 0 Å². The topological polar surface area (TPSA) is 84.2 Å². The Morgan fingerprint density at radius 3 is 1.40 bits per heavy atom. The molecule has 0 fully saturated rings. The van der Waals surface area contributed by atoms with E-state index in [9.17, 15) is 9.59 Å². The van der Waals surface area contributed by atoms with Crippen LogP contribution in [0.15, 0.2) is 145 Å². The van der Waals surface area contributed by atoms with Gasteiger partial charge in [-0.15, -0.1) is 0 Å². The molecule has 4 N–H and O–H groups in total. The summed E-state index contributed by atoms with van der Waals surface area (Å²) in [6.45, 7) is 8.28. The Balaban J connectivity index is 0.000000243. The zero-order valence-electron chi connectivity index (χ0n) is 25.6. The van der Waals surface area contributed by atoms with Crippen LogP contribution in [0.25, 0.3) is 0 Å². The van der Waals surface area contributed by atoms with Gasteiger partial charge in [-0.2, -0.15) is 0 Å². The van der Waals surface area contributed by atoms with Crippen molar-refractivity contribution in [3.05, 3.63) is 167 Å². The van der Waals surface area contributed by atoms with Crippen LogP contribution in [0.4, 0.5) is 0 Å². The van der Waals surface area contributed by atoms with E-state index in [0.717, 1.165) is 42.9 Å². The molecule has 0 atom stereocenters. The summed E-state index contributed by atoms with van der Waals surface area (Å²) in [5.74, 6) is 0.0840. The highest BCUT2D eigenvalue weighted by Gasteiger charge is 2.02. The van der Waals surface area contributed by atoms with Crippen LogP contribution in [0.5, 0.6) is 0 Å². The van der Waals surface area contributed by atoms with Crippen LogP contribution in [0.3, 0.4) is 0 Å².